The largest absolute Gasteiger partial charge is 0.481 e. The van der Waals surface area contributed by atoms with E-state index >= 15 is 0 Å². The highest BCUT2D eigenvalue weighted by atomic mass is 16.5. The molecule has 5 heteroatoms. The lowest BCUT2D eigenvalue weighted by molar-refractivity contribution is -0.137. The molecule has 1 unspecified atom stereocenters. The van der Waals surface area contributed by atoms with E-state index in [-0.39, 0.29) is 18.2 Å². The van der Waals surface area contributed by atoms with Gasteiger partial charge in [-0.1, -0.05) is 25.1 Å². The summed E-state index contributed by atoms with van der Waals surface area (Å²) in [4.78, 5) is 22.6. The zero-order valence-corrected chi connectivity index (χ0v) is 11.2. The number of carboxylic acid groups (broad SMARTS) is 1. The first-order chi connectivity index (χ1) is 9.04. The highest BCUT2D eigenvalue weighted by molar-refractivity contribution is 5.95. The van der Waals surface area contributed by atoms with Crippen molar-refractivity contribution in [3.63, 3.8) is 0 Å². The summed E-state index contributed by atoms with van der Waals surface area (Å²) >= 11 is 0. The maximum absolute atomic E-state index is 12.0. The quantitative estimate of drug-likeness (QED) is 0.786. The predicted molar refractivity (Wildman–Crippen MR) is 70.9 cm³/mol. The summed E-state index contributed by atoms with van der Waals surface area (Å²) in [5, 5.41) is 11.4. The molecule has 0 bridgehead atoms. The molecule has 0 fully saturated rings. The minimum absolute atomic E-state index is 0.0417. The van der Waals surface area contributed by atoms with Gasteiger partial charge in [-0.25, -0.2) is 0 Å². The van der Waals surface area contributed by atoms with E-state index in [1.807, 2.05) is 12.1 Å². The van der Waals surface area contributed by atoms with Gasteiger partial charge in [-0.3, -0.25) is 9.59 Å². The van der Waals surface area contributed by atoms with Crippen LogP contribution in [0, 0.1) is 5.92 Å². The van der Waals surface area contributed by atoms with Crippen LogP contribution in [0.3, 0.4) is 0 Å². The van der Waals surface area contributed by atoms with Crippen LogP contribution < -0.4 is 5.32 Å². The summed E-state index contributed by atoms with van der Waals surface area (Å²) in [6.45, 7) is 2.50. The SMILES string of the molecule is COCc1ccccc1C(=O)NCC(C)CC(=O)O. The number of ether oxygens (including phenoxy) is 1. The van der Waals surface area contributed by atoms with Gasteiger partial charge >= 0.3 is 5.97 Å². The number of benzene rings is 1. The number of carbonyl (C=O) groups is 2. The van der Waals surface area contributed by atoms with Gasteiger partial charge in [0, 0.05) is 25.6 Å². The maximum Gasteiger partial charge on any atom is 0.303 e. The van der Waals surface area contributed by atoms with Gasteiger partial charge < -0.3 is 15.2 Å². The Labute approximate surface area is 112 Å². The van der Waals surface area contributed by atoms with Gasteiger partial charge in [0.05, 0.1) is 6.61 Å². The summed E-state index contributed by atoms with van der Waals surface area (Å²) in [5.41, 5.74) is 1.38. The molecule has 1 aromatic carbocycles. The van der Waals surface area contributed by atoms with Crippen LogP contribution in [-0.2, 0) is 16.1 Å². The highest BCUT2D eigenvalue weighted by Crippen LogP contribution is 2.10. The van der Waals surface area contributed by atoms with Crippen LogP contribution in [0.4, 0.5) is 0 Å². The molecule has 2 N–H and O–H groups in total. The number of nitrogens with one attached hydrogen (secondary N) is 1. The van der Waals surface area contributed by atoms with Crippen molar-refractivity contribution in [2.75, 3.05) is 13.7 Å². The Morgan fingerprint density at radius 3 is 2.68 bits per heavy atom. The molecule has 0 saturated heterocycles. The Balaban J connectivity index is 2.60. The number of carbonyl (C=O) groups excluding carboxylic acids is 1. The first-order valence-corrected chi connectivity index (χ1v) is 6.11. The Bertz CT molecular complexity index is 445. The zero-order valence-electron chi connectivity index (χ0n) is 11.2. The van der Waals surface area contributed by atoms with Gasteiger partial charge in [0.25, 0.3) is 5.91 Å². The molecule has 1 amide bonds. The zero-order chi connectivity index (χ0) is 14.3. The van der Waals surface area contributed by atoms with Gasteiger partial charge in [-0.2, -0.15) is 0 Å². The maximum atomic E-state index is 12.0. The Kier molecular flexibility index (Phi) is 6.02. The molecule has 0 aliphatic heterocycles. The van der Waals surface area contributed by atoms with Crippen LogP contribution in [0.25, 0.3) is 0 Å². The van der Waals surface area contributed by atoms with E-state index in [1.54, 1.807) is 26.2 Å². The van der Waals surface area contributed by atoms with Crippen LogP contribution in [0.5, 0.6) is 0 Å². The predicted octanol–water partition coefficient (Wildman–Crippen LogP) is 1.67. The van der Waals surface area contributed by atoms with Crippen molar-refractivity contribution >= 4 is 11.9 Å². The van der Waals surface area contributed by atoms with E-state index < -0.39 is 5.97 Å². The lowest BCUT2D eigenvalue weighted by atomic mass is 10.1. The average molecular weight is 265 g/mol. The molecule has 1 rings (SSSR count). The molecule has 0 aliphatic rings. The number of methoxy groups -OCH3 is 1. The van der Waals surface area contributed by atoms with Gasteiger partial charge in [0.1, 0.15) is 0 Å². The highest BCUT2D eigenvalue weighted by Gasteiger charge is 2.13. The van der Waals surface area contributed by atoms with Crippen molar-refractivity contribution in [3.8, 4) is 0 Å². The van der Waals surface area contributed by atoms with Crippen molar-refractivity contribution in [2.45, 2.75) is 20.0 Å². The topological polar surface area (TPSA) is 75.6 Å². The molecular weight excluding hydrogens is 246 g/mol. The second-order valence-corrected chi connectivity index (χ2v) is 4.50. The molecule has 0 saturated carbocycles. The van der Waals surface area contributed by atoms with Crippen LogP contribution in [0.2, 0.25) is 0 Å². The molecule has 1 aromatic rings. The molecule has 0 aromatic heterocycles. The molecule has 0 radical (unpaired) electrons. The number of amides is 1. The first kappa shape index (κ1) is 15.2. The summed E-state index contributed by atoms with van der Waals surface area (Å²) in [5.74, 6) is -1.16. The standard InChI is InChI=1S/C14H19NO4/c1-10(7-13(16)17)8-15-14(18)12-6-4-3-5-11(12)9-19-2/h3-6,10H,7-9H2,1-2H3,(H,15,18)(H,16,17). The molecule has 0 spiro atoms. The van der Waals surface area contributed by atoms with E-state index in [1.165, 1.54) is 0 Å². The first-order valence-electron chi connectivity index (χ1n) is 6.11. The van der Waals surface area contributed by atoms with E-state index in [9.17, 15) is 9.59 Å². The minimum Gasteiger partial charge on any atom is -0.481 e. The number of hydrogen-bond acceptors (Lipinski definition) is 3. The van der Waals surface area contributed by atoms with Crippen LogP contribution in [-0.4, -0.2) is 30.6 Å². The summed E-state index contributed by atoms with van der Waals surface area (Å²) in [6.07, 6.45) is 0.0417. The third-order valence-corrected chi connectivity index (χ3v) is 2.70. The van der Waals surface area contributed by atoms with Crippen molar-refractivity contribution in [3.05, 3.63) is 35.4 Å². The van der Waals surface area contributed by atoms with E-state index in [0.717, 1.165) is 5.56 Å². The second kappa shape index (κ2) is 7.53. The fraction of sp³-hybridized carbons (Fsp3) is 0.429. The van der Waals surface area contributed by atoms with Gasteiger partial charge in [0.15, 0.2) is 0 Å². The fourth-order valence-electron chi connectivity index (χ4n) is 1.76. The molecule has 0 heterocycles. The van der Waals surface area contributed by atoms with Gasteiger partial charge in [0.2, 0.25) is 0 Å². The van der Waals surface area contributed by atoms with Crippen LogP contribution in [0.15, 0.2) is 24.3 Å². The summed E-state index contributed by atoms with van der Waals surface area (Å²) in [7, 11) is 1.57. The average Bonchev–Trinajstić information content (AvgIpc) is 2.36. The van der Waals surface area contributed by atoms with Crippen molar-refractivity contribution < 1.29 is 19.4 Å². The fourth-order valence-corrected chi connectivity index (χ4v) is 1.76. The van der Waals surface area contributed by atoms with E-state index in [4.69, 9.17) is 9.84 Å². The monoisotopic (exact) mass is 265 g/mol. The van der Waals surface area contributed by atoms with E-state index in [2.05, 4.69) is 5.32 Å². The van der Waals surface area contributed by atoms with Crippen LogP contribution in [0.1, 0.15) is 29.3 Å². The Morgan fingerprint density at radius 1 is 1.37 bits per heavy atom. The minimum atomic E-state index is -0.860. The van der Waals surface area contributed by atoms with Gasteiger partial charge in [-0.15, -0.1) is 0 Å². The molecule has 0 aliphatic carbocycles. The lowest BCUT2D eigenvalue weighted by Gasteiger charge is -2.12. The summed E-state index contributed by atoms with van der Waals surface area (Å²) < 4.78 is 5.04. The van der Waals surface area contributed by atoms with Crippen molar-refractivity contribution in [1.82, 2.24) is 5.32 Å². The van der Waals surface area contributed by atoms with Crippen molar-refractivity contribution in [2.24, 2.45) is 5.92 Å². The third-order valence-electron chi connectivity index (χ3n) is 2.70. The smallest absolute Gasteiger partial charge is 0.303 e. The molecule has 19 heavy (non-hydrogen) atoms. The van der Waals surface area contributed by atoms with Gasteiger partial charge in [-0.05, 0) is 17.5 Å². The van der Waals surface area contributed by atoms with E-state index in [0.29, 0.717) is 18.7 Å². The number of hydrogen-bond donors (Lipinski definition) is 2. The summed E-state index contributed by atoms with van der Waals surface area (Å²) in [6, 6.07) is 7.19. The molecule has 1 atom stereocenters. The normalized spacial score (nSPS) is 11.9. The number of aliphatic carboxylic acids is 1. The number of rotatable bonds is 7. The second-order valence-electron chi connectivity index (χ2n) is 4.50. The van der Waals surface area contributed by atoms with Crippen LogP contribution >= 0.6 is 0 Å². The molecule has 5 nitrogen and oxygen atoms in total. The lowest BCUT2D eigenvalue weighted by Crippen LogP contribution is -2.30. The third kappa shape index (κ3) is 5.09. The Morgan fingerprint density at radius 2 is 2.05 bits per heavy atom. The molecular formula is C14H19NO4. The van der Waals surface area contributed by atoms with Crippen molar-refractivity contribution in [1.29, 1.82) is 0 Å². The molecule has 104 valence electrons. The number of carboxylic acids is 1. The Hall–Kier alpha value is -1.88.